The van der Waals surface area contributed by atoms with Gasteiger partial charge < -0.3 is 14.7 Å². The van der Waals surface area contributed by atoms with Crippen molar-refractivity contribution in [1.29, 1.82) is 0 Å². The third-order valence-corrected chi connectivity index (χ3v) is 4.59. The normalized spacial score (nSPS) is 16.4. The molecule has 0 amide bonds. The van der Waals surface area contributed by atoms with Crippen molar-refractivity contribution < 1.29 is 32.6 Å². The van der Waals surface area contributed by atoms with Gasteiger partial charge in [0.1, 0.15) is 0 Å². The molecule has 0 saturated carbocycles. The van der Waals surface area contributed by atoms with Crippen molar-refractivity contribution in [1.82, 2.24) is 0 Å². The van der Waals surface area contributed by atoms with Crippen molar-refractivity contribution in [3.05, 3.63) is 22.8 Å². The Balaban J connectivity index is 4.45. The summed E-state index contributed by atoms with van der Waals surface area (Å²) in [6.45, 7) is 7.35. The van der Waals surface area contributed by atoms with E-state index in [1.165, 1.54) is 5.57 Å². The van der Waals surface area contributed by atoms with Gasteiger partial charge in [0.05, 0.1) is 6.61 Å². The number of phosphoric acid groups is 2. The molecule has 0 aromatic rings. The maximum absolute atomic E-state index is 11.2. The van der Waals surface area contributed by atoms with Crippen LogP contribution in [0.1, 0.15) is 40.5 Å². The summed E-state index contributed by atoms with van der Waals surface area (Å²) in [5.74, 6) is 0. The fourth-order valence-corrected chi connectivity index (χ4v) is 2.87. The van der Waals surface area contributed by atoms with E-state index in [0.717, 1.165) is 24.0 Å². The topological polar surface area (TPSA) is 113 Å². The van der Waals surface area contributed by atoms with Crippen LogP contribution in [0.2, 0.25) is 0 Å². The molecular formula is C11H22O7P2. The maximum Gasteiger partial charge on any atom is 0.481 e. The van der Waals surface area contributed by atoms with Crippen LogP contribution < -0.4 is 0 Å². The monoisotopic (exact) mass is 328 g/mol. The number of hydrogen-bond donors (Lipinski definition) is 3. The predicted molar refractivity (Wildman–Crippen MR) is 75.9 cm³/mol. The molecule has 0 rings (SSSR count). The van der Waals surface area contributed by atoms with Crippen LogP contribution in [-0.4, -0.2) is 21.3 Å². The lowest BCUT2D eigenvalue weighted by Crippen LogP contribution is -1.99. The Bertz CT molecular complexity index is 471. The molecule has 0 radical (unpaired) electrons. The van der Waals surface area contributed by atoms with Crippen LogP contribution in [0.15, 0.2) is 22.8 Å². The Morgan fingerprint density at radius 3 is 2.05 bits per heavy atom. The highest BCUT2D eigenvalue weighted by Gasteiger charge is 2.32. The van der Waals surface area contributed by atoms with E-state index in [1.54, 1.807) is 6.92 Å². The van der Waals surface area contributed by atoms with Crippen molar-refractivity contribution in [2.75, 3.05) is 6.61 Å². The zero-order valence-corrected chi connectivity index (χ0v) is 13.9. The molecule has 0 saturated heterocycles. The molecule has 0 aromatic heterocycles. The summed E-state index contributed by atoms with van der Waals surface area (Å²) in [4.78, 5) is 26.0. The number of phosphoric ester groups is 1. The molecule has 1 atom stereocenters. The molecule has 20 heavy (non-hydrogen) atoms. The van der Waals surface area contributed by atoms with Crippen LogP contribution >= 0.6 is 15.6 Å². The molecule has 118 valence electrons. The molecular weight excluding hydrogens is 306 g/mol. The first-order chi connectivity index (χ1) is 8.93. The van der Waals surface area contributed by atoms with Gasteiger partial charge in [-0.2, -0.15) is 4.31 Å². The molecule has 7 nitrogen and oxygen atoms in total. The number of rotatable bonds is 8. The van der Waals surface area contributed by atoms with Gasteiger partial charge in [0, 0.05) is 0 Å². The van der Waals surface area contributed by atoms with Crippen LogP contribution in [-0.2, 0) is 18.0 Å². The van der Waals surface area contributed by atoms with Crippen molar-refractivity contribution in [3.8, 4) is 0 Å². The van der Waals surface area contributed by atoms with Crippen LogP contribution in [0.4, 0.5) is 0 Å². The zero-order valence-electron chi connectivity index (χ0n) is 12.1. The van der Waals surface area contributed by atoms with Gasteiger partial charge >= 0.3 is 15.6 Å². The lowest BCUT2D eigenvalue weighted by molar-refractivity contribution is 0.188. The van der Waals surface area contributed by atoms with Gasteiger partial charge in [-0.3, -0.25) is 4.52 Å². The molecule has 1 unspecified atom stereocenters. The Labute approximate surface area is 119 Å². The second kappa shape index (κ2) is 8.25. The minimum Gasteiger partial charge on any atom is -0.302 e. The van der Waals surface area contributed by atoms with E-state index in [0.29, 0.717) is 0 Å². The maximum atomic E-state index is 11.2. The van der Waals surface area contributed by atoms with Crippen molar-refractivity contribution in [3.63, 3.8) is 0 Å². The summed E-state index contributed by atoms with van der Waals surface area (Å²) in [6, 6.07) is 0. The van der Waals surface area contributed by atoms with Crippen molar-refractivity contribution >= 4 is 15.6 Å². The molecule has 0 aliphatic heterocycles. The van der Waals surface area contributed by atoms with E-state index >= 15 is 0 Å². The lowest BCUT2D eigenvalue weighted by Gasteiger charge is -2.13. The molecule has 0 aliphatic rings. The third-order valence-electron chi connectivity index (χ3n) is 2.45. The molecule has 0 fully saturated rings. The van der Waals surface area contributed by atoms with Crippen LogP contribution in [0.3, 0.4) is 0 Å². The number of hydrogen-bond acceptors (Lipinski definition) is 4. The van der Waals surface area contributed by atoms with Gasteiger partial charge in [0.15, 0.2) is 0 Å². The van der Waals surface area contributed by atoms with Crippen molar-refractivity contribution in [2.24, 2.45) is 0 Å². The first kappa shape index (κ1) is 19.7. The van der Waals surface area contributed by atoms with Crippen LogP contribution in [0, 0.1) is 0 Å². The molecule has 3 N–H and O–H groups in total. The minimum atomic E-state index is -5.06. The summed E-state index contributed by atoms with van der Waals surface area (Å²) < 4.78 is 29.9. The summed E-state index contributed by atoms with van der Waals surface area (Å²) in [6.07, 6.45) is 3.70. The second-order valence-corrected chi connectivity index (χ2v) is 7.52. The predicted octanol–water partition coefficient (Wildman–Crippen LogP) is 3.30. The fourth-order valence-electron chi connectivity index (χ4n) is 1.25. The van der Waals surface area contributed by atoms with E-state index in [-0.39, 0.29) is 6.61 Å². The van der Waals surface area contributed by atoms with Crippen LogP contribution in [0.25, 0.3) is 0 Å². The van der Waals surface area contributed by atoms with Gasteiger partial charge in [0.25, 0.3) is 0 Å². The standard InChI is InChI=1S/C11H22O7P2/c1-9(2)6-5-7-10(3)11(4)8-17-20(15,16)18-19(12,13)14/h6H,5,7-8H2,1-4H3,(H,15,16)(H2,12,13,14)/b11-10-. The van der Waals surface area contributed by atoms with E-state index in [1.807, 2.05) is 20.8 Å². The molecule has 0 aliphatic carbocycles. The first-order valence-corrected chi connectivity index (χ1v) is 8.98. The Morgan fingerprint density at radius 1 is 1.05 bits per heavy atom. The fraction of sp³-hybridized carbons (Fsp3) is 0.636. The largest absolute Gasteiger partial charge is 0.481 e. The van der Waals surface area contributed by atoms with Gasteiger partial charge in [0.2, 0.25) is 0 Å². The van der Waals surface area contributed by atoms with Crippen LogP contribution in [0.5, 0.6) is 0 Å². The smallest absolute Gasteiger partial charge is 0.302 e. The molecule has 9 heteroatoms. The zero-order chi connectivity index (χ0) is 16.0. The molecule has 0 heterocycles. The average Bonchev–Trinajstić information content (AvgIpc) is 2.22. The molecule has 0 aromatic carbocycles. The summed E-state index contributed by atoms with van der Waals surface area (Å²) >= 11 is 0. The van der Waals surface area contributed by atoms with Gasteiger partial charge in [-0.1, -0.05) is 17.2 Å². The van der Waals surface area contributed by atoms with E-state index < -0.39 is 15.6 Å². The van der Waals surface area contributed by atoms with Crippen molar-refractivity contribution in [2.45, 2.75) is 40.5 Å². The molecule has 0 spiro atoms. The highest BCUT2D eigenvalue weighted by molar-refractivity contribution is 7.60. The lowest BCUT2D eigenvalue weighted by atomic mass is 10.1. The highest BCUT2D eigenvalue weighted by atomic mass is 31.3. The summed E-state index contributed by atoms with van der Waals surface area (Å²) in [5.41, 5.74) is 2.91. The Morgan fingerprint density at radius 2 is 1.60 bits per heavy atom. The van der Waals surface area contributed by atoms with E-state index in [2.05, 4.69) is 14.9 Å². The minimum absolute atomic E-state index is 0.228. The SMILES string of the molecule is CC(C)=CCC/C(C)=C(/C)COP(=O)(O)OP(=O)(O)O. The Hall–Kier alpha value is -0.260. The van der Waals surface area contributed by atoms with E-state index in [4.69, 9.17) is 14.7 Å². The number of allylic oxidation sites excluding steroid dienone is 3. The third kappa shape index (κ3) is 10.5. The molecule has 0 bridgehead atoms. The Kier molecular flexibility index (Phi) is 8.14. The summed E-state index contributed by atoms with van der Waals surface area (Å²) in [5, 5.41) is 0. The van der Waals surface area contributed by atoms with E-state index in [9.17, 15) is 9.13 Å². The van der Waals surface area contributed by atoms with Gasteiger partial charge in [-0.25, -0.2) is 9.13 Å². The quantitative estimate of drug-likeness (QED) is 0.463. The van der Waals surface area contributed by atoms with Gasteiger partial charge in [-0.15, -0.1) is 0 Å². The van der Waals surface area contributed by atoms with Gasteiger partial charge in [-0.05, 0) is 46.1 Å². The highest BCUT2D eigenvalue weighted by Crippen LogP contribution is 2.57. The first-order valence-electron chi connectivity index (χ1n) is 5.96. The average molecular weight is 328 g/mol. The summed E-state index contributed by atoms with van der Waals surface area (Å²) in [7, 11) is -9.82. The second-order valence-electron chi connectivity index (χ2n) is 4.70.